The van der Waals surface area contributed by atoms with Gasteiger partial charge >= 0.3 is 0 Å². The van der Waals surface area contributed by atoms with Crippen molar-refractivity contribution in [3.63, 3.8) is 0 Å². The molecule has 10 aromatic rings. The number of anilines is 3. The summed E-state index contributed by atoms with van der Waals surface area (Å²) in [7, 11) is 0. The minimum absolute atomic E-state index is 0.858. The van der Waals surface area contributed by atoms with Gasteiger partial charge in [-0.3, -0.25) is 0 Å². The van der Waals surface area contributed by atoms with Crippen LogP contribution < -0.4 is 4.90 Å². The van der Waals surface area contributed by atoms with Gasteiger partial charge in [0.1, 0.15) is 11.2 Å². The van der Waals surface area contributed by atoms with Crippen LogP contribution in [0.5, 0.6) is 0 Å². The molecule has 0 fully saturated rings. The molecule has 0 amide bonds. The molecule has 0 N–H and O–H groups in total. The molecule has 0 radical (unpaired) electrons. The van der Waals surface area contributed by atoms with Gasteiger partial charge in [-0.15, -0.1) is 0 Å². The second-order valence-corrected chi connectivity index (χ2v) is 12.9. The second-order valence-electron chi connectivity index (χ2n) is 12.9. The molecule has 0 aliphatic rings. The smallest absolute Gasteiger partial charge is 0.145 e. The first-order valence-electron chi connectivity index (χ1n) is 17.4. The molecule has 2 aromatic heterocycles. The molecule has 0 saturated heterocycles. The van der Waals surface area contributed by atoms with Crippen LogP contribution in [0.3, 0.4) is 0 Å². The largest absolute Gasteiger partial charge is 0.455 e. The number of furan rings is 1. The van der Waals surface area contributed by atoms with Crippen molar-refractivity contribution < 1.29 is 4.42 Å². The molecule has 10 rings (SSSR count). The molecule has 8 aromatic carbocycles. The third-order valence-corrected chi connectivity index (χ3v) is 9.98. The molecular weight excluding hydrogens is 621 g/mol. The van der Waals surface area contributed by atoms with E-state index in [0.29, 0.717) is 0 Å². The van der Waals surface area contributed by atoms with Crippen LogP contribution in [0.25, 0.3) is 71.7 Å². The molecule has 2 heterocycles. The maximum absolute atomic E-state index is 6.92. The summed E-state index contributed by atoms with van der Waals surface area (Å²) in [4.78, 5) is 2.37. The number of benzene rings is 8. The zero-order valence-corrected chi connectivity index (χ0v) is 27.8. The Kier molecular flexibility index (Phi) is 6.81. The fourth-order valence-corrected chi connectivity index (χ4v) is 7.67. The molecule has 0 bridgehead atoms. The summed E-state index contributed by atoms with van der Waals surface area (Å²) in [5.74, 6) is 0. The van der Waals surface area contributed by atoms with E-state index in [4.69, 9.17) is 4.42 Å². The van der Waals surface area contributed by atoms with Gasteiger partial charge in [0.05, 0.1) is 27.5 Å². The van der Waals surface area contributed by atoms with Gasteiger partial charge in [-0.25, -0.2) is 0 Å². The average molecular weight is 653 g/mol. The van der Waals surface area contributed by atoms with Crippen molar-refractivity contribution in [3.05, 3.63) is 194 Å². The van der Waals surface area contributed by atoms with Gasteiger partial charge in [0.2, 0.25) is 0 Å². The Labute approximate surface area is 295 Å². The summed E-state index contributed by atoms with van der Waals surface area (Å²) in [5.41, 5.74) is 13.1. The predicted octanol–water partition coefficient (Wildman–Crippen LogP) is 13.5. The van der Waals surface area contributed by atoms with Gasteiger partial charge < -0.3 is 13.9 Å². The Morgan fingerprint density at radius 1 is 0.392 bits per heavy atom. The number of fused-ring (bicyclic) bond motifs is 7. The number of nitrogens with zero attached hydrogens (tertiary/aromatic N) is 2. The van der Waals surface area contributed by atoms with Gasteiger partial charge in [-0.1, -0.05) is 127 Å². The van der Waals surface area contributed by atoms with Crippen LogP contribution in [0, 0.1) is 0 Å². The molecular formula is C48H32N2O. The quantitative estimate of drug-likeness (QED) is 0.178. The van der Waals surface area contributed by atoms with Crippen molar-refractivity contribution in [1.82, 2.24) is 4.57 Å². The van der Waals surface area contributed by atoms with E-state index in [1.54, 1.807) is 0 Å². The molecule has 0 saturated carbocycles. The van der Waals surface area contributed by atoms with Gasteiger partial charge in [0.15, 0.2) is 0 Å². The highest BCUT2D eigenvalue weighted by Gasteiger charge is 2.23. The van der Waals surface area contributed by atoms with Gasteiger partial charge in [0.25, 0.3) is 0 Å². The van der Waals surface area contributed by atoms with Crippen molar-refractivity contribution in [1.29, 1.82) is 0 Å². The Balaban J connectivity index is 1.23. The van der Waals surface area contributed by atoms with Crippen molar-refractivity contribution >= 4 is 60.8 Å². The lowest BCUT2D eigenvalue weighted by Crippen LogP contribution is -2.10. The van der Waals surface area contributed by atoms with E-state index >= 15 is 0 Å². The SMILES string of the molecule is c1ccc(-c2ccc(N(c3cccc(-c4ccccc4)c3)c3cccc4oc5c(ccc6c5c5ccccc5n6-c5ccccc5)c34)cc2)cc1. The lowest BCUT2D eigenvalue weighted by molar-refractivity contribution is 0.673. The summed E-state index contributed by atoms with van der Waals surface area (Å²) in [6.07, 6.45) is 0. The minimum Gasteiger partial charge on any atom is -0.455 e. The first-order chi connectivity index (χ1) is 25.3. The first kappa shape index (κ1) is 29.1. The van der Waals surface area contributed by atoms with E-state index in [9.17, 15) is 0 Å². The van der Waals surface area contributed by atoms with E-state index in [0.717, 1.165) is 61.1 Å². The van der Waals surface area contributed by atoms with E-state index in [1.165, 1.54) is 27.6 Å². The fourth-order valence-electron chi connectivity index (χ4n) is 7.67. The number of aromatic nitrogens is 1. The number of rotatable bonds is 6. The van der Waals surface area contributed by atoms with Crippen molar-refractivity contribution in [2.24, 2.45) is 0 Å². The van der Waals surface area contributed by atoms with Crippen LogP contribution in [-0.2, 0) is 0 Å². The van der Waals surface area contributed by atoms with Gasteiger partial charge in [-0.2, -0.15) is 0 Å². The molecule has 0 unspecified atom stereocenters. The van der Waals surface area contributed by atoms with Crippen LogP contribution in [-0.4, -0.2) is 4.57 Å². The number of hydrogen-bond acceptors (Lipinski definition) is 2. The van der Waals surface area contributed by atoms with E-state index in [1.807, 2.05) is 0 Å². The van der Waals surface area contributed by atoms with Gasteiger partial charge in [-0.05, 0) is 89.0 Å². The van der Waals surface area contributed by atoms with Crippen molar-refractivity contribution in [2.45, 2.75) is 0 Å². The minimum atomic E-state index is 0.858. The van der Waals surface area contributed by atoms with E-state index in [2.05, 4.69) is 204 Å². The Hall–Kier alpha value is -6.84. The summed E-state index contributed by atoms with van der Waals surface area (Å²) in [5, 5.41) is 4.47. The van der Waals surface area contributed by atoms with Crippen LogP contribution in [0.15, 0.2) is 199 Å². The normalized spacial score (nSPS) is 11.5. The van der Waals surface area contributed by atoms with Crippen LogP contribution in [0.1, 0.15) is 0 Å². The average Bonchev–Trinajstić information content (AvgIpc) is 3.76. The third-order valence-electron chi connectivity index (χ3n) is 9.98. The molecule has 0 aliphatic heterocycles. The van der Waals surface area contributed by atoms with E-state index < -0.39 is 0 Å². The van der Waals surface area contributed by atoms with Crippen molar-refractivity contribution in [3.8, 4) is 27.9 Å². The maximum Gasteiger partial charge on any atom is 0.145 e. The summed E-state index contributed by atoms with van der Waals surface area (Å²) in [6.45, 7) is 0. The number of para-hydroxylation sites is 2. The fraction of sp³-hybridized carbons (Fsp3) is 0. The molecule has 3 heteroatoms. The molecule has 3 nitrogen and oxygen atoms in total. The lowest BCUT2D eigenvalue weighted by Gasteiger charge is -2.27. The summed E-state index contributed by atoms with van der Waals surface area (Å²) in [6, 6.07) is 69.0. The first-order valence-corrected chi connectivity index (χ1v) is 17.4. The Morgan fingerprint density at radius 3 is 1.78 bits per heavy atom. The van der Waals surface area contributed by atoms with Gasteiger partial charge in [0, 0.05) is 27.8 Å². The Bertz CT molecular complexity index is 2830. The number of hydrogen-bond donors (Lipinski definition) is 0. The second kappa shape index (κ2) is 11.9. The van der Waals surface area contributed by atoms with E-state index in [-0.39, 0.29) is 0 Å². The zero-order valence-electron chi connectivity index (χ0n) is 27.8. The predicted molar refractivity (Wildman–Crippen MR) is 214 cm³/mol. The third kappa shape index (κ3) is 4.82. The molecule has 51 heavy (non-hydrogen) atoms. The zero-order chi connectivity index (χ0) is 33.7. The van der Waals surface area contributed by atoms with Crippen LogP contribution in [0.4, 0.5) is 17.1 Å². The lowest BCUT2D eigenvalue weighted by atomic mass is 10.0. The summed E-state index contributed by atoms with van der Waals surface area (Å²) < 4.78 is 9.26. The molecule has 0 aliphatic carbocycles. The standard InChI is InChI=1S/C48H32N2O/c1-4-14-33(15-5-1)35-26-28-38(29-27-35)49(39-21-12-18-36(32-39)34-16-6-2-7-17-34)43-24-13-25-45-46(43)41-30-31-44-47(48(41)51-45)40-22-10-11-23-42(40)50(44)37-19-8-3-9-20-37/h1-32H. The highest BCUT2D eigenvalue weighted by atomic mass is 16.3. The maximum atomic E-state index is 6.92. The van der Waals surface area contributed by atoms with Crippen molar-refractivity contribution in [2.75, 3.05) is 4.90 Å². The highest BCUT2D eigenvalue weighted by Crippen LogP contribution is 2.46. The summed E-state index contributed by atoms with van der Waals surface area (Å²) >= 11 is 0. The van der Waals surface area contributed by atoms with Crippen LogP contribution >= 0.6 is 0 Å². The molecule has 0 spiro atoms. The monoisotopic (exact) mass is 652 g/mol. The highest BCUT2D eigenvalue weighted by molar-refractivity contribution is 6.26. The Morgan fingerprint density at radius 2 is 1.02 bits per heavy atom. The topological polar surface area (TPSA) is 21.3 Å². The molecule has 0 atom stereocenters. The molecule has 240 valence electrons. The van der Waals surface area contributed by atoms with Crippen LogP contribution in [0.2, 0.25) is 0 Å².